The molecule has 0 radical (unpaired) electrons. The Morgan fingerprint density at radius 1 is 0.694 bits per heavy atom. The number of carbonyl (C=O) groups excluding carboxylic acids is 2. The molecule has 0 unspecified atom stereocenters. The molecule has 0 aliphatic rings. The Labute approximate surface area is 214 Å². The van der Waals surface area contributed by atoms with E-state index in [0.29, 0.717) is 0 Å². The first-order valence-corrected chi connectivity index (χ1v) is 13.9. The summed E-state index contributed by atoms with van der Waals surface area (Å²) in [7, 11) is -2.90. The number of rotatable bonds is 9. The molecule has 1 atom stereocenters. The summed E-state index contributed by atoms with van der Waals surface area (Å²) < 4.78 is 17.7. The van der Waals surface area contributed by atoms with Crippen LogP contribution in [0.4, 0.5) is 0 Å². The minimum absolute atomic E-state index is 0.234. The van der Waals surface area contributed by atoms with E-state index in [1.807, 2.05) is 72.8 Å². The topological polar surface area (TPSA) is 61.8 Å². The van der Waals surface area contributed by atoms with Crippen LogP contribution in [0, 0.1) is 0 Å². The van der Waals surface area contributed by atoms with Gasteiger partial charge in [-0.25, -0.2) is 0 Å². The van der Waals surface area contributed by atoms with E-state index in [-0.39, 0.29) is 5.04 Å². The lowest BCUT2D eigenvalue weighted by molar-refractivity contribution is -0.176. The van der Waals surface area contributed by atoms with E-state index in [4.69, 9.17) is 13.9 Å². The standard InChI is InChI=1S/C30H34O5Si/c1-23(31)33-29(34-24(2)32)22-21-28(25-15-9-6-10-16-25)35-36(30(3,4)5,26-17-11-7-12-18-26)27-19-13-8-14-20-27/h6-22,28-29H,1-5H3/b22-21+/t28-/m0/s1. The number of benzene rings is 3. The number of ether oxygens (including phenoxy) is 2. The molecule has 0 aliphatic heterocycles. The van der Waals surface area contributed by atoms with Gasteiger partial charge in [-0.15, -0.1) is 0 Å². The molecule has 0 heterocycles. The first-order valence-electron chi connectivity index (χ1n) is 12.0. The van der Waals surface area contributed by atoms with Crippen molar-refractivity contribution in [2.24, 2.45) is 0 Å². The van der Waals surface area contributed by atoms with Crippen LogP contribution in [0.1, 0.15) is 46.3 Å². The summed E-state index contributed by atoms with van der Waals surface area (Å²) in [4.78, 5) is 23.2. The lowest BCUT2D eigenvalue weighted by atomic mass is 10.1. The van der Waals surface area contributed by atoms with Gasteiger partial charge in [-0.2, -0.15) is 0 Å². The van der Waals surface area contributed by atoms with Gasteiger partial charge in [0.2, 0.25) is 0 Å². The summed E-state index contributed by atoms with van der Waals surface area (Å²) in [5.74, 6) is -1.09. The summed E-state index contributed by atoms with van der Waals surface area (Å²) in [6, 6.07) is 30.6. The molecule has 3 aromatic rings. The molecule has 0 aromatic heterocycles. The van der Waals surface area contributed by atoms with Crippen molar-refractivity contribution in [1.82, 2.24) is 0 Å². The van der Waals surface area contributed by atoms with E-state index in [1.54, 1.807) is 6.08 Å². The van der Waals surface area contributed by atoms with E-state index in [2.05, 4.69) is 45.0 Å². The molecule has 0 bridgehead atoms. The van der Waals surface area contributed by atoms with Gasteiger partial charge in [0.15, 0.2) is 0 Å². The SMILES string of the molecule is CC(=O)OC(/C=C/[C@H](O[Si](c1ccccc1)(c1ccccc1)C(C)(C)C)c1ccccc1)OC(C)=O. The van der Waals surface area contributed by atoms with Crippen LogP contribution in [0.5, 0.6) is 0 Å². The largest absolute Gasteiger partial charge is 0.421 e. The third kappa shape index (κ3) is 6.59. The Morgan fingerprint density at radius 2 is 1.11 bits per heavy atom. The fourth-order valence-electron chi connectivity index (χ4n) is 4.36. The summed E-state index contributed by atoms with van der Waals surface area (Å²) in [6.45, 7) is 9.19. The fourth-order valence-corrected chi connectivity index (χ4v) is 8.97. The van der Waals surface area contributed by atoms with E-state index >= 15 is 0 Å². The highest BCUT2D eigenvalue weighted by Crippen LogP contribution is 2.40. The minimum atomic E-state index is -2.90. The summed E-state index contributed by atoms with van der Waals surface area (Å²) >= 11 is 0. The van der Waals surface area contributed by atoms with Crippen molar-refractivity contribution in [3.05, 3.63) is 109 Å². The van der Waals surface area contributed by atoms with Crippen molar-refractivity contribution in [1.29, 1.82) is 0 Å². The molecule has 0 amide bonds. The predicted octanol–water partition coefficient (Wildman–Crippen LogP) is 5.31. The van der Waals surface area contributed by atoms with Gasteiger partial charge in [-0.3, -0.25) is 9.59 Å². The van der Waals surface area contributed by atoms with Crippen molar-refractivity contribution in [3.63, 3.8) is 0 Å². The van der Waals surface area contributed by atoms with Crippen molar-refractivity contribution in [2.75, 3.05) is 0 Å². The molecule has 0 saturated heterocycles. The van der Waals surface area contributed by atoms with Crippen molar-refractivity contribution in [2.45, 2.75) is 52.1 Å². The zero-order valence-electron chi connectivity index (χ0n) is 21.5. The number of esters is 2. The second kappa shape index (κ2) is 12.0. The highest BCUT2D eigenvalue weighted by atomic mass is 28.4. The maximum atomic E-state index is 11.6. The zero-order chi connectivity index (χ0) is 26.2. The van der Waals surface area contributed by atoms with Gasteiger partial charge in [0.1, 0.15) is 0 Å². The van der Waals surface area contributed by atoms with Crippen LogP contribution in [0.3, 0.4) is 0 Å². The molecule has 0 saturated carbocycles. The lowest BCUT2D eigenvalue weighted by Crippen LogP contribution is -2.66. The normalized spacial score (nSPS) is 12.9. The Hall–Kier alpha value is -3.48. The Morgan fingerprint density at radius 3 is 1.50 bits per heavy atom. The average Bonchev–Trinajstić information content (AvgIpc) is 2.84. The molecule has 0 N–H and O–H groups in total. The molecular formula is C30H34O5Si. The first kappa shape index (κ1) is 27.1. The van der Waals surface area contributed by atoms with Gasteiger partial charge >= 0.3 is 11.9 Å². The highest BCUT2D eigenvalue weighted by molar-refractivity contribution is 6.99. The van der Waals surface area contributed by atoms with E-state index in [1.165, 1.54) is 13.8 Å². The van der Waals surface area contributed by atoms with Crippen LogP contribution in [-0.4, -0.2) is 26.5 Å². The van der Waals surface area contributed by atoms with Crippen LogP contribution in [0.2, 0.25) is 5.04 Å². The highest BCUT2D eigenvalue weighted by Gasteiger charge is 2.51. The summed E-state index contributed by atoms with van der Waals surface area (Å²) in [6.07, 6.45) is 1.74. The maximum Gasteiger partial charge on any atom is 0.305 e. The Kier molecular flexibility index (Phi) is 9.01. The van der Waals surface area contributed by atoms with Crippen LogP contribution in [-0.2, 0) is 23.5 Å². The monoisotopic (exact) mass is 502 g/mol. The molecule has 36 heavy (non-hydrogen) atoms. The second-order valence-corrected chi connectivity index (χ2v) is 13.8. The minimum Gasteiger partial charge on any atom is -0.421 e. The smallest absolute Gasteiger partial charge is 0.305 e. The Balaban J connectivity index is 2.17. The van der Waals surface area contributed by atoms with Crippen molar-refractivity contribution in [3.8, 4) is 0 Å². The van der Waals surface area contributed by atoms with Gasteiger partial charge in [0.05, 0.1) is 6.10 Å². The average molecular weight is 503 g/mol. The van der Waals surface area contributed by atoms with Crippen molar-refractivity contribution >= 4 is 30.6 Å². The molecular weight excluding hydrogens is 468 g/mol. The maximum absolute atomic E-state index is 11.6. The Bertz CT molecular complexity index is 1100. The quantitative estimate of drug-likeness (QED) is 0.172. The predicted molar refractivity (Wildman–Crippen MR) is 144 cm³/mol. The molecule has 3 rings (SSSR count). The van der Waals surface area contributed by atoms with Gasteiger partial charge in [0.25, 0.3) is 14.6 Å². The lowest BCUT2D eigenvalue weighted by Gasteiger charge is -2.45. The van der Waals surface area contributed by atoms with Gasteiger partial charge in [-0.1, -0.05) is 112 Å². The third-order valence-electron chi connectivity index (χ3n) is 5.86. The molecule has 3 aromatic carbocycles. The van der Waals surface area contributed by atoms with Gasteiger partial charge in [-0.05, 0) is 33.1 Å². The summed E-state index contributed by atoms with van der Waals surface area (Å²) in [5, 5.41) is 2.06. The van der Waals surface area contributed by atoms with E-state index in [9.17, 15) is 9.59 Å². The van der Waals surface area contributed by atoms with E-state index < -0.39 is 32.6 Å². The van der Waals surface area contributed by atoms with Crippen LogP contribution in [0.15, 0.2) is 103 Å². The van der Waals surface area contributed by atoms with Crippen LogP contribution >= 0.6 is 0 Å². The molecule has 188 valence electrons. The molecule has 5 nitrogen and oxygen atoms in total. The van der Waals surface area contributed by atoms with Crippen LogP contribution in [0.25, 0.3) is 0 Å². The van der Waals surface area contributed by atoms with Gasteiger partial charge in [0, 0.05) is 13.8 Å². The fraction of sp³-hybridized carbons (Fsp3) is 0.267. The second-order valence-electron chi connectivity index (χ2n) is 9.58. The zero-order valence-corrected chi connectivity index (χ0v) is 22.5. The molecule has 0 fully saturated rings. The molecule has 6 heteroatoms. The third-order valence-corrected chi connectivity index (χ3v) is 10.9. The number of hydrogen-bond donors (Lipinski definition) is 0. The molecule has 0 spiro atoms. The first-order chi connectivity index (χ1) is 17.1. The summed E-state index contributed by atoms with van der Waals surface area (Å²) in [5.41, 5.74) is 0.936. The molecule has 0 aliphatic carbocycles. The van der Waals surface area contributed by atoms with Crippen molar-refractivity contribution < 1.29 is 23.5 Å². The van der Waals surface area contributed by atoms with Gasteiger partial charge < -0.3 is 13.9 Å². The van der Waals surface area contributed by atoms with Crippen LogP contribution < -0.4 is 10.4 Å². The number of hydrogen-bond acceptors (Lipinski definition) is 5. The number of carbonyl (C=O) groups is 2. The van der Waals surface area contributed by atoms with E-state index in [0.717, 1.165) is 15.9 Å².